The van der Waals surface area contributed by atoms with Crippen LogP contribution >= 0.6 is 23.5 Å². The Balaban J connectivity index is 1.71. The fraction of sp³-hybridized carbons (Fsp3) is 0.455. The zero-order chi connectivity index (χ0) is 13.5. The number of thioether (sulfide) groups is 2. The monoisotopic (exact) mass is 297 g/mol. The predicted octanol–water partition coefficient (Wildman–Crippen LogP) is 1.89. The first kappa shape index (κ1) is 14.1. The molecule has 2 heterocycles. The summed E-state index contributed by atoms with van der Waals surface area (Å²) in [5.41, 5.74) is 0. The number of rotatable bonds is 7. The van der Waals surface area contributed by atoms with Crippen LogP contribution in [0.2, 0.25) is 0 Å². The minimum Gasteiger partial charge on any atom is -0.494 e. The van der Waals surface area contributed by atoms with Gasteiger partial charge < -0.3 is 4.74 Å². The van der Waals surface area contributed by atoms with Gasteiger partial charge >= 0.3 is 0 Å². The average Bonchev–Trinajstić information content (AvgIpc) is 2.84. The van der Waals surface area contributed by atoms with Crippen LogP contribution in [-0.4, -0.2) is 43.8 Å². The molecule has 0 saturated carbocycles. The number of ether oxygens (including phenoxy) is 1. The van der Waals surface area contributed by atoms with Crippen LogP contribution in [0.5, 0.6) is 5.75 Å². The fourth-order valence-electron chi connectivity index (χ4n) is 1.39. The maximum Gasteiger partial charge on any atom is 0.209 e. The summed E-state index contributed by atoms with van der Waals surface area (Å²) in [5, 5.41) is 12.2. The Kier molecular flexibility index (Phi) is 5.46. The minimum absolute atomic E-state index is 0.831. The summed E-state index contributed by atoms with van der Waals surface area (Å²) in [7, 11) is 3.51. The Labute approximate surface area is 120 Å². The Morgan fingerprint density at radius 2 is 2.16 bits per heavy atom. The highest BCUT2D eigenvalue weighted by Gasteiger charge is 2.04. The van der Waals surface area contributed by atoms with E-state index in [2.05, 4.69) is 20.5 Å². The van der Waals surface area contributed by atoms with Crippen molar-refractivity contribution in [3.63, 3.8) is 0 Å². The van der Waals surface area contributed by atoms with Crippen LogP contribution < -0.4 is 4.74 Å². The number of aromatic nitrogens is 5. The average molecular weight is 297 g/mol. The first-order valence-corrected chi connectivity index (χ1v) is 7.74. The lowest BCUT2D eigenvalue weighted by atomic mass is 10.5. The molecule has 0 amide bonds. The molecular weight excluding hydrogens is 282 g/mol. The molecule has 0 aliphatic heterocycles. The summed E-state index contributed by atoms with van der Waals surface area (Å²) in [5.74, 6) is 2.85. The van der Waals surface area contributed by atoms with E-state index < -0.39 is 0 Å². The second-order valence-corrected chi connectivity index (χ2v) is 5.86. The molecule has 0 N–H and O–H groups in total. The summed E-state index contributed by atoms with van der Waals surface area (Å²) in [6.07, 6.45) is 4.60. The van der Waals surface area contributed by atoms with Gasteiger partial charge in [-0.15, -0.1) is 16.9 Å². The van der Waals surface area contributed by atoms with Crippen molar-refractivity contribution >= 4 is 23.5 Å². The van der Waals surface area contributed by atoms with Crippen LogP contribution in [0, 0.1) is 0 Å². The highest BCUT2D eigenvalue weighted by atomic mass is 32.2. The Morgan fingerprint density at radius 3 is 2.89 bits per heavy atom. The largest absolute Gasteiger partial charge is 0.494 e. The lowest BCUT2D eigenvalue weighted by molar-refractivity contribution is 0.402. The molecule has 0 atom stereocenters. The molecule has 0 fully saturated rings. The summed E-state index contributed by atoms with van der Waals surface area (Å²) in [6.45, 7) is 0. The van der Waals surface area contributed by atoms with E-state index in [4.69, 9.17) is 4.74 Å². The smallest absolute Gasteiger partial charge is 0.209 e. The van der Waals surface area contributed by atoms with E-state index in [1.165, 1.54) is 0 Å². The number of tetrazole rings is 1. The third-order valence-corrected chi connectivity index (χ3v) is 4.56. The van der Waals surface area contributed by atoms with Crippen molar-refractivity contribution in [1.29, 1.82) is 0 Å². The third kappa shape index (κ3) is 4.10. The van der Waals surface area contributed by atoms with Gasteiger partial charge in [-0.25, -0.2) is 4.68 Å². The number of nitrogens with zero attached hydrogens (tertiary/aromatic N) is 5. The number of pyridine rings is 1. The van der Waals surface area contributed by atoms with Crippen molar-refractivity contribution in [2.45, 2.75) is 16.5 Å². The SMILES string of the molecule is COc1cnccc1SCCCSc1nnnn1C. The van der Waals surface area contributed by atoms with Crippen molar-refractivity contribution in [2.24, 2.45) is 7.05 Å². The van der Waals surface area contributed by atoms with Crippen molar-refractivity contribution < 1.29 is 4.74 Å². The lowest BCUT2D eigenvalue weighted by Gasteiger charge is -2.06. The summed E-state index contributed by atoms with van der Waals surface area (Å²) in [4.78, 5) is 5.16. The molecule has 6 nitrogen and oxygen atoms in total. The number of aryl methyl sites for hydroxylation is 1. The second-order valence-electron chi connectivity index (χ2n) is 3.66. The van der Waals surface area contributed by atoms with Gasteiger partial charge in [-0.05, 0) is 28.7 Å². The fourth-order valence-corrected chi connectivity index (χ4v) is 3.30. The van der Waals surface area contributed by atoms with Gasteiger partial charge in [0.2, 0.25) is 5.16 Å². The van der Waals surface area contributed by atoms with E-state index in [-0.39, 0.29) is 0 Å². The first-order valence-electron chi connectivity index (χ1n) is 5.77. The van der Waals surface area contributed by atoms with Gasteiger partial charge in [0.15, 0.2) is 5.75 Å². The van der Waals surface area contributed by atoms with E-state index >= 15 is 0 Å². The Bertz CT molecular complexity index is 519. The van der Waals surface area contributed by atoms with Gasteiger partial charge in [-0.1, -0.05) is 11.8 Å². The number of hydrogen-bond acceptors (Lipinski definition) is 7. The molecule has 0 saturated heterocycles. The van der Waals surface area contributed by atoms with Gasteiger partial charge in [0.1, 0.15) is 0 Å². The van der Waals surface area contributed by atoms with E-state index in [0.717, 1.165) is 33.7 Å². The quantitative estimate of drug-likeness (QED) is 0.571. The lowest BCUT2D eigenvalue weighted by Crippen LogP contribution is -1.94. The van der Waals surface area contributed by atoms with Gasteiger partial charge in [-0.2, -0.15) is 0 Å². The molecule has 0 bridgehead atoms. The third-order valence-electron chi connectivity index (χ3n) is 2.33. The molecule has 0 aromatic carbocycles. The molecule has 0 aliphatic rings. The summed E-state index contributed by atoms with van der Waals surface area (Å²) < 4.78 is 6.94. The van der Waals surface area contributed by atoms with E-state index in [0.29, 0.717) is 0 Å². The molecule has 2 aromatic rings. The highest BCUT2D eigenvalue weighted by Crippen LogP contribution is 2.28. The van der Waals surface area contributed by atoms with Gasteiger partial charge in [0.25, 0.3) is 0 Å². The molecule has 102 valence electrons. The van der Waals surface area contributed by atoms with Crippen LogP contribution in [0.15, 0.2) is 28.5 Å². The van der Waals surface area contributed by atoms with E-state index in [1.807, 2.05) is 13.1 Å². The molecular formula is C11H15N5OS2. The Morgan fingerprint density at radius 1 is 1.32 bits per heavy atom. The maximum absolute atomic E-state index is 5.26. The summed E-state index contributed by atoms with van der Waals surface area (Å²) in [6, 6.07) is 1.98. The topological polar surface area (TPSA) is 65.7 Å². The zero-order valence-electron chi connectivity index (χ0n) is 10.8. The molecule has 0 unspecified atom stereocenters. The molecule has 8 heteroatoms. The second kappa shape index (κ2) is 7.34. The van der Waals surface area contributed by atoms with E-state index in [9.17, 15) is 0 Å². The maximum atomic E-state index is 5.26. The zero-order valence-corrected chi connectivity index (χ0v) is 12.4. The van der Waals surface area contributed by atoms with Crippen LogP contribution in [0.3, 0.4) is 0 Å². The Hall–Kier alpha value is -1.28. The van der Waals surface area contributed by atoms with Crippen molar-refractivity contribution in [2.75, 3.05) is 18.6 Å². The predicted molar refractivity (Wildman–Crippen MR) is 75.7 cm³/mol. The van der Waals surface area contributed by atoms with Crippen LogP contribution in [-0.2, 0) is 7.05 Å². The number of hydrogen-bond donors (Lipinski definition) is 0. The van der Waals surface area contributed by atoms with Crippen molar-refractivity contribution in [3.05, 3.63) is 18.5 Å². The minimum atomic E-state index is 0.831. The van der Waals surface area contributed by atoms with Gasteiger partial charge in [-0.3, -0.25) is 4.98 Å². The molecule has 0 radical (unpaired) electrons. The highest BCUT2D eigenvalue weighted by molar-refractivity contribution is 8.00. The van der Waals surface area contributed by atoms with Crippen LogP contribution in [0.1, 0.15) is 6.42 Å². The molecule has 0 aliphatic carbocycles. The standard InChI is InChI=1S/C11H15N5OS2/c1-16-11(13-14-15-16)19-7-3-6-18-10-4-5-12-8-9(10)17-2/h4-5,8H,3,6-7H2,1-2H3. The number of methoxy groups -OCH3 is 1. The van der Waals surface area contributed by atoms with Gasteiger partial charge in [0.05, 0.1) is 18.2 Å². The summed E-state index contributed by atoms with van der Waals surface area (Å²) >= 11 is 3.44. The van der Waals surface area contributed by atoms with Crippen LogP contribution in [0.25, 0.3) is 0 Å². The van der Waals surface area contributed by atoms with Crippen molar-refractivity contribution in [1.82, 2.24) is 25.2 Å². The van der Waals surface area contributed by atoms with Crippen LogP contribution in [0.4, 0.5) is 0 Å². The van der Waals surface area contributed by atoms with Crippen molar-refractivity contribution in [3.8, 4) is 5.75 Å². The molecule has 2 rings (SSSR count). The normalized spacial score (nSPS) is 10.6. The van der Waals surface area contributed by atoms with E-state index in [1.54, 1.807) is 47.7 Å². The molecule has 19 heavy (non-hydrogen) atoms. The molecule has 0 spiro atoms. The van der Waals surface area contributed by atoms with Gasteiger partial charge in [0, 0.05) is 19.0 Å². The molecule has 2 aromatic heterocycles. The first-order chi connectivity index (χ1) is 9.31.